The van der Waals surface area contributed by atoms with Crippen LogP contribution in [0.5, 0.6) is 0 Å². The maximum Gasteiger partial charge on any atom is 0.407 e. The molecule has 2 amide bonds. The van der Waals surface area contributed by atoms with E-state index in [0.717, 1.165) is 22.3 Å². The van der Waals surface area contributed by atoms with E-state index in [4.69, 9.17) is 9.84 Å². The highest BCUT2D eigenvalue weighted by Gasteiger charge is 2.29. The fourth-order valence-corrected chi connectivity index (χ4v) is 4.10. The molecule has 0 aromatic heterocycles. The highest BCUT2D eigenvalue weighted by Crippen LogP contribution is 2.44. The van der Waals surface area contributed by atoms with Crippen molar-refractivity contribution in [2.45, 2.75) is 26.7 Å². The summed E-state index contributed by atoms with van der Waals surface area (Å²) in [4.78, 5) is 37.2. The number of carbonyl (C=O) groups is 3. The highest BCUT2D eigenvalue weighted by molar-refractivity contribution is 5.94. The van der Waals surface area contributed by atoms with E-state index in [0.29, 0.717) is 12.1 Å². The van der Waals surface area contributed by atoms with Crippen LogP contribution in [-0.2, 0) is 14.3 Å². The topological polar surface area (TPSA) is 95.9 Å². The molecule has 0 spiro atoms. The van der Waals surface area contributed by atoms with Crippen LogP contribution in [-0.4, -0.2) is 54.2 Å². The van der Waals surface area contributed by atoms with Gasteiger partial charge in [-0.1, -0.05) is 68.5 Å². The average Bonchev–Trinajstić information content (AvgIpc) is 3.10. The van der Waals surface area contributed by atoms with Crippen LogP contribution in [0.4, 0.5) is 4.79 Å². The summed E-state index contributed by atoms with van der Waals surface area (Å²) >= 11 is 0. The molecule has 2 aromatic rings. The first-order valence-electron chi connectivity index (χ1n) is 11.0. The molecule has 33 heavy (non-hydrogen) atoms. The van der Waals surface area contributed by atoms with Crippen molar-refractivity contribution in [1.29, 1.82) is 0 Å². The van der Waals surface area contributed by atoms with E-state index in [1.807, 2.05) is 38.1 Å². The fourth-order valence-electron chi connectivity index (χ4n) is 4.10. The second-order valence-electron chi connectivity index (χ2n) is 8.57. The summed E-state index contributed by atoms with van der Waals surface area (Å²) in [5, 5.41) is 11.7. The number of fused-ring (bicyclic) bond motifs is 3. The first-order valence-corrected chi connectivity index (χ1v) is 11.0. The van der Waals surface area contributed by atoms with Gasteiger partial charge < -0.3 is 20.1 Å². The lowest BCUT2D eigenvalue weighted by Gasteiger charge is -2.23. The average molecular weight is 451 g/mol. The molecule has 0 saturated heterocycles. The molecule has 0 atom stereocenters. The van der Waals surface area contributed by atoms with E-state index < -0.39 is 12.1 Å². The number of carboxylic acid groups (broad SMARTS) is 1. The number of aliphatic carboxylic acids is 1. The Labute approximate surface area is 194 Å². The zero-order valence-electron chi connectivity index (χ0n) is 19.2. The first kappa shape index (κ1) is 24.0. The van der Waals surface area contributed by atoms with Crippen LogP contribution in [0.1, 0.15) is 37.8 Å². The van der Waals surface area contributed by atoms with Crippen LogP contribution in [0.15, 0.2) is 60.2 Å². The molecule has 2 aromatic carbocycles. The van der Waals surface area contributed by atoms with E-state index in [9.17, 15) is 14.4 Å². The van der Waals surface area contributed by atoms with Gasteiger partial charge in [0.05, 0.1) is 0 Å². The third-order valence-corrected chi connectivity index (χ3v) is 5.53. The molecular formula is C26H30N2O5. The molecule has 7 heteroatoms. The molecule has 0 unspecified atom stereocenters. The maximum absolute atomic E-state index is 12.6. The Balaban J connectivity index is 1.55. The Morgan fingerprint density at radius 2 is 1.64 bits per heavy atom. The van der Waals surface area contributed by atoms with Crippen molar-refractivity contribution in [3.8, 4) is 11.1 Å². The van der Waals surface area contributed by atoms with E-state index in [2.05, 4.69) is 29.6 Å². The molecule has 0 bridgehead atoms. The summed E-state index contributed by atoms with van der Waals surface area (Å²) in [6, 6.07) is 16.2. The van der Waals surface area contributed by atoms with Crippen molar-refractivity contribution in [3.63, 3.8) is 0 Å². The van der Waals surface area contributed by atoms with Gasteiger partial charge in [0.2, 0.25) is 5.91 Å². The van der Waals surface area contributed by atoms with Crippen LogP contribution >= 0.6 is 0 Å². The third kappa shape index (κ3) is 6.00. The first-order chi connectivity index (χ1) is 15.8. The summed E-state index contributed by atoms with van der Waals surface area (Å²) < 4.78 is 5.48. The van der Waals surface area contributed by atoms with Gasteiger partial charge in [0.1, 0.15) is 13.2 Å². The molecule has 0 heterocycles. The largest absolute Gasteiger partial charge is 0.480 e. The van der Waals surface area contributed by atoms with Gasteiger partial charge in [0.25, 0.3) is 0 Å². The lowest BCUT2D eigenvalue weighted by molar-refractivity contribution is -0.143. The minimum atomic E-state index is -1.06. The van der Waals surface area contributed by atoms with E-state index in [1.165, 1.54) is 4.90 Å². The number of carboxylic acids is 1. The van der Waals surface area contributed by atoms with Gasteiger partial charge in [0, 0.05) is 24.6 Å². The molecular weight excluding hydrogens is 420 g/mol. The number of benzene rings is 2. The van der Waals surface area contributed by atoms with Crippen LogP contribution < -0.4 is 5.32 Å². The summed E-state index contributed by atoms with van der Waals surface area (Å²) in [5.41, 5.74) is 4.96. The van der Waals surface area contributed by atoms with Gasteiger partial charge in [-0.15, -0.1) is 0 Å². The lowest BCUT2D eigenvalue weighted by Crippen LogP contribution is -2.39. The molecule has 7 nitrogen and oxygen atoms in total. The summed E-state index contributed by atoms with van der Waals surface area (Å²) in [5.74, 6) is -1.31. The van der Waals surface area contributed by atoms with Crippen molar-refractivity contribution in [2.75, 3.05) is 26.2 Å². The Morgan fingerprint density at radius 3 is 2.18 bits per heavy atom. The second-order valence-corrected chi connectivity index (χ2v) is 8.57. The molecule has 0 radical (unpaired) electrons. The van der Waals surface area contributed by atoms with Crippen LogP contribution in [0.3, 0.4) is 0 Å². The summed E-state index contributed by atoms with van der Waals surface area (Å²) in [6.45, 7) is 5.74. The Kier molecular flexibility index (Phi) is 7.87. The predicted octanol–water partition coefficient (Wildman–Crippen LogP) is 4.04. The highest BCUT2D eigenvalue weighted by atomic mass is 16.5. The molecule has 0 saturated carbocycles. The van der Waals surface area contributed by atoms with Gasteiger partial charge in [-0.2, -0.15) is 0 Å². The van der Waals surface area contributed by atoms with Crippen molar-refractivity contribution in [3.05, 3.63) is 71.3 Å². The van der Waals surface area contributed by atoms with Crippen molar-refractivity contribution < 1.29 is 24.2 Å². The SMILES string of the molecule is C/C(=C\CNC(=O)OCC1c2ccccc2-c2ccccc21)C(=O)N(CC(=O)O)CC(C)C. The van der Waals surface area contributed by atoms with E-state index >= 15 is 0 Å². The molecule has 1 aliphatic rings. The van der Waals surface area contributed by atoms with Crippen LogP contribution in [0, 0.1) is 5.92 Å². The zero-order valence-corrected chi connectivity index (χ0v) is 19.2. The standard InChI is InChI=1S/C26H30N2O5/c1-17(2)14-28(15-24(29)30)25(31)18(3)12-13-27-26(32)33-16-23-21-10-6-4-8-19(21)20-9-5-7-11-22(20)23/h4-12,17,23H,13-16H2,1-3H3,(H,27,32)(H,29,30)/b18-12+. The number of hydrogen-bond acceptors (Lipinski definition) is 4. The lowest BCUT2D eigenvalue weighted by atomic mass is 9.98. The van der Waals surface area contributed by atoms with Crippen molar-refractivity contribution in [1.82, 2.24) is 10.2 Å². The quantitative estimate of drug-likeness (QED) is 0.562. The number of amides is 2. The Hall–Kier alpha value is -3.61. The third-order valence-electron chi connectivity index (χ3n) is 5.53. The molecule has 0 fully saturated rings. The molecule has 174 valence electrons. The normalized spacial score (nSPS) is 12.8. The van der Waals surface area contributed by atoms with E-state index in [1.54, 1.807) is 13.0 Å². The zero-order chi connectivity index (χ0) is 24.0. The number of nitrogens with one attached hydrogen (secondary N) is 1. The minimum absolute atomic E-state index is 0.0254. The van der Waals surface area contributed by atoms with Gasteiger partial charge in [-0.25, -0.2) is 4.79 Å². The number of alkyl carbamates (subject to hydrolysis) is 1. The number of carbonyl (C=O) groups excluding carboxylic acids is 2. The fraction of sp³-hybridized carbons (Fsp3) is 0.346. The Morgan fingerprint density at radius 1 is 1.06 bits per heavy atom. The van der Waals surface area contributed by atoms with Crippen molar-refractivity contribution in [2.24, 2.45) is 5.92 Å². The smallest absolute Gasteiger partial charge is 0.407 e. The molecule has 2 N–H and O–H groups in total. The molecule has 3 rings (SSSR count). The number of rotatable bonds is 9. The molecule has 0 aliphatic heterocycles. The van der Waals surface area contributed by atoms with Gasteiger partial charge in [0.15, 0.2) is 0 Å². The van der Waals surface area contributed by atoms with Gasteiger partial charge >= 0.3 is 12.1 Å². The second kappa shape index (κ2) is 10.8. The predicted molar refractivity (Wildman–Crippen MR) is 126 cm³/mol. The monoisotopic (exact) mass is 450 g/mol. The van der Waals surface area contributed by atoms with Gasteiger partial charge in [-0.3, -0.25) is 9.59 Å². The van der Waals surface area contributed by atoms with E-state index in [-0.39, 0.29) is 37.4 Å². The number of hydrogen-bond donors (Lipinski definition) is 2. The Bertz CT molecular complexity index is 1010. The van der Waals surface area contributed by atoms with Crippen LogP contribution in [0.25, 0.3) is 11.1 Å². The molecule has 1 aliphatic carbocycles. The van der Waals surface area contributed by atoms with Crippen molar-refractivity contribution >= 4 is 18.0 Å². The number of nitrogens with zero attached hydrogens (tertiary/aromatic N) is 1. The van der Waals surface area contributed by atoms with Crippen LogP contribution in [0.2, 0.25) is 0 Å². The summed E-state index contributed by atoms with van der Waals surface area (Å²) in [7, 11) is 0. The summed E-state index contributed by atoms with van der Waals surface area (Å²) in [6.07, 6.45) is 0.997. The minimum Gasteiger partial charge on any atom is -0.480 e. The van der Waals surface area contributed by atoms with Gasteiger partial charge in [-0.05, 0) is 35.1 Å². The number of ether oxygens (including phenoxy) is 1. The maximum atomic E-state index is 12.6.